The first-order chi connectivity index (χ1) is 10.8. The van der Waals surface area contributed by atoms with Crippen molar-refractivity contribution in [2.45, 2.75) is 31.8 Å². The van der Waals surface area contributed by atoms with E-state index in [0.717, 1.165) is 24.6 Å². The van der Waals surface area contributed by atoms with Gasteiger partial charge in [-0.15, -0.1) is 11.6 Å². The fourth-order valence-electron chi connectivity index (χ4n) is 2.61. The molecule has 124 valence electrons. The number of hydrogen-bond acceptors (Lipinski definition) is 4. The quantitative estimate of drug-likeness (QED) is 0.721. The van der Waals surface area contributed by atoms with Gasteiger partial charge in [0.1, 0.15) is 12.4 Å². The molecule has 1 fully saturated rings. The Bertz CT molecular complexity index is 406. The molecule has 1 aliphatic heterocycles. The van der Waals surface area contributed by atoms with Gasteiger partial charge in [0.2, 0.25) is 0 Å². The molecule has 1 aromatic rings. The lowest BCUT2D eigenvalue weighted by molar-refractivity contribution is 0.211. The number of hydrogen-bond donors (Lipinski definition) is 2. The molecular formula is C17H27ClN2O2. The largest absolute Gasteiger partial charge is 0.492 e. The highest BCUT2D eigenvalue weighted by atomic mass is 35.5. The number of aliphatic hydroxyl groups is 1. The van der Waals surface area contributed by atoms with Gasteiger partial charge in [-0.05, 0) is 50.2 Å². The van der Waals surface area contributed by atoms with Crippen LogP contribution >= 0.6 is 11.6 Å². The van der Waals surface area contributed by atoms with E-state index in [4.69, 9.17) is 16.3 Å². The third-order valence-corrected chi connectivity index (χ3v) is 4.31. The van der Waals surface area contributed by atoms with Gasteiger partial charge in [-0.25, -0.2) is 0 Å². The molecule has 0 spiro atoms. The zero-order chi connectivity index (χ0) is 15.6. The first-order valence-corrected chi connectivity index (χ1v) is 8.74. The molecule has 1 unspecified atom stereocenters. The van der Waals surface area contributed by atoms with Crippen LogP contribution in [0.15, 0.2) is 24.3 Å². The summed E-state index contributed by atoms with van der Waals surface area (Å²) in [6, 6.07) is 7.83. The summed E-state index contributed by atoms with van der Waals surface area (Å²) in [6.07, 6.45) is 4.84. The zero-order valence-corrected chi connectivity index (χ0v) is 13.9. The van der Waals surface area contributed by atoms with E-state index in [1.54, 1.807) is 0 Å². The summed E-state index contributed by atoms with van der Waals surface area (Å²) < 4.78 is 5.81. The Morgan fingerprint density at radius 3 is 2.45 bits per heavy atom. The maximum Gasteiger partial charge on any atom is 0.119 e. The molecule has 1 aliphatic rings. The van der Waals surface area contributed by atoms with E-state index in [1.165, 1.54) is 38.8 Å². The van der Waals surface area contributed by atoms with Gasteiger partial charge in [0.25, 0.3) is 0 Å². The van der Waals surface area contributed by atoms with Crippen LogP contribution in [0.5, 0.6) is 5.75 Å². The molecule has 0 radical (unpaired) electrons. The second-order valence-corrected chi connectivity index (χ2v) is 6.13. The van der Waals surface area contributed by atoms with Crippen LogP contribution < -0.4 is 10.1 Å². The summed E-state index contributed by atoms with van der Waals surface area (Å²) in [5, 5.41) is 12.5. The number of alkyl halides is 1. The van der Waals surface area contributed by atoms with Crippen molar-refractivity contribution in [3.63, 3.8) is 0 Å². The molecular weight excluding hydrogens is 300 g/mol. The Balaban J connectivity index is 1.67. The van der Waals surface area contributed by atoms with Crippen LogP contribution in [0.25, 0.3) is 0 Å². The minimum atomic E-state index is -0.522. The molecule has 0 aliphatic carbocycles. The lowest BCUT2D eigenvalue weighted by Gasteiger charge is -2.19. The molecule has 4 nitrogen and oxygen atoms in total. The van der Waals surface area contributed by atoms with Crippen LogP contribution in [0.2, 0.25) is 0 Å². The van der Waals surface area contributed by atoms with E-state index in [2.05, 4.69) is 10.2 Å². The Hall–Kier alpha value is -0.970. The first kappa shape index (κ1) is 17.4. The van der Waals surface area contributed by atoms with Crippen LogP contribution in [0.4, 0.5) is 5.69 Å². The van der Waals surface area contributed by atoms with Crippen LogP contribution in [0, 0.1) is 0 Å². The molecule has 1 saturated heterocycles. The zero-order valence-electron chi connectivity index (χ0n) is 13.1. The number of nitrogens with zero attached hydrogens (tertiary/aromatic N) is 1. The minimum Gasteiger partial charge on any atom is -0.492 e. The van der Waals surface area contributed by atoms with Gasteiger partial charge < -0.3 is 15.2 Å². The Kier molecular flexibility index (Phi) is 7.85. The van der Waals surface area contributed by atoms with Crippen molar-refractivity contribution in [1.29, 1.82) is 0 Å². The Morgan fingerprint density at radius 1 is 1.14 bits per heavy atom. The number of rotatable bonds is 8. The van der Waals surface area contributed by atoms with Gasteiger partial charge in [-0.2, -0.15) is 0 Å². The van der Waals surface area contributed by atoms with Crippen LogP contribution in [-0.4, -0.2) is 54.8 Å². The normalized spacial score (nSPS) is 17.7. The van der Waals surface area contributed by atoms with E-state index in [-0.39, 0.29) is 5.88 Å². The Labute approximate surface area is 138 Å². The van der Waals surface area contributed by atoms with Gasteiger partial charge in [-0.3, -0.25) is 4.90 Å². The summed E-state index contributed by atoms with van der Waals surface area (Å²) in [5.74, 6) is 1.13. The maximum absolute atomic E-state index is 9.41. The standard InChI is InChI=1S/C17H27ClN2O2/c18-13-16(21)14-19-15-5-7-17(8-6-15)22-12-11-20-9-3-1-2-4-10-20/h5-8,16,19,21H,1-4,9-14H2. The summed E-state index contributed by atoms with van der Waals surface area (Å²) in [6.45, 7) is 4.60. The molecule has 22 heavy (non-hydrogen) atoms. The number of benzene rings is 1. The fourth-order valence-corrected chi connectivity index (χ4v) is 2.72. The number of likely N-dealkylation sites (tertiary alicyclic amines) is 1. The molecule has 0 bridgehead atoms. The molecule has 2 N–H and O–H groups in total. The molecule has 1 atom stereocenters. The monoisotopic (exact) mass is 326 g/mol. The topological polar surface area (TPSA) is 44.7 Å². The average molecular weight is 327 g/mol. The average Bonchev–Trinajstić information content (AvgIpc) is 2.82. The maximum atomic E-state index is 9.41. The molecule has 1 aromatic carbocycles. The third kappa shape index (κ3) is 6.42. The van der Waals surface area contributed by atoms with E-state index < -0.39 is 6.10 Å². The van der Waals surface area contributed by atoms with Gasteiger partial charge in [0, 0.05) is 18.8 Å². The van der Waals surface area contributed by atoms with Crippen molar-refractivity contribution in [3.05, 3.63) is 24.3 Å². The fraction of sp³-hybridized carbons (Fsp3) is 0.647. The van der Waals surface area contributed by atoms with Gasteiger partial charge >= 0.3 is 0 Å². The second kappa shape index (κ2) is 9.93. The summed E-state index contributed by atoms with van der Waals surface area (Å²) in [7, 11) is 0. The predicted octanol–water partition coefficient (Wildman–Crippen LogP) is 2.95. The van der Waals surface area contributed by atoms with E-state index in [1.807, 2.05) is 24.3 Å². The van der Waals surface area contributed by atoms with Crippen molar-refractivity contribution in [3.8, 4) is 5.75 Å². The van der Waals surface area contributed by atoms with Crippen molar-refractivity contribution >= 4 is 17.3 Å². The van der Waals surface area contributed by atoms with Gasteiger partial charge in [0.15, 0.2) is 0 Å². The first-order valence-electron chi connectivity index (χ1n) is 8.21. The number of ether oxygens (including phenoxy) is 1. The molecule has 5 heteroatoms. The van der Waals surface area contributed by atoms with E-state index >= 15 is 0 Å². The Morgan fingerprint density at radius 2 is 1.82 bits per heavy atom. The van der Waals surface area contributed by atoms with Gasteiger partial charge in [-0.1, -0.05) is 12.8 Å². The van der Waals surface area contributed by atoms with E-state index in [0.29, 0.717) is 6.54 Å². The van der Waals surface area contributed by atoms with Crippen molar-refractivity contribution in [2.24, 2.45) is 0 Å². The highest BCUT2D eigenvalue weighted by molar-refractivity contribution is 6.18. The molecule has 0 amide bonds. The lowest BCUT2D eigenvalue weighted by Crippen LogP contribution is -2.29. The lowest BCUT2D eigenvalue weighted by atomic mass is 10.2. The summed E-state index contributed by atoms with van der Waals surface area (Å²) >= 11 is 5.56. The van der Waals surface area contributed by atoms with Crippen LogP contribution in [0.1, 0.15) is 25.7 Å². The van der Waals surface area contributed by atoms with Crippen LogP contribution in [-0.2, 0) is 0 Å². The summed E-state index contributed by atoms with van der Waals surface area (Å²) in [5.41, 5.74) is 0.962. The highest BCUT2D eigenvalue weighted by Gasteiger charge is 2.08. The molecule has 0 aromatic heterocycles. The van der Waals surface area contributed by atoms with Crippen molar-refractivity contribution in [1.82, 2.24) is 4.90 Å². The number of aliphatic hydroxyl groups excluding tert-OH is 1. The summed E-state index contributed by atoms with van der Waals surface area (Å²) in [4.78, 5) is 2.50. The number of halogens is 1. The number of nitrogens with one attached hydrogen (secondary N) is 1. The smallest absolute Gasteiger partial charge is 0.119 e. The SMILES string of the molecule is OC(CCl)CNc1ccc(OCCN2CCCCCC2)cc1. The molecule has 0 saturated carbocycles. The second-order valence-electron chi connectivity index (χ2n) is 5.82. The molecule has 2 rings (SSSR count). The highest BCUT2D eigenvalue weighted by Crippen LogP contribution is 2.16. The van der Waals surface area contributed by atoms with Crippen molar-refractivity contribution < 1.29 is 9.84 Å². The molecule has 1 heterocycles. The van der Waals surface area contributed by atoms with Crippen LogP contribution in [0.3, 0.4) is 0 Å². The van der Waals surface area contributed by atoms with E-state index in [9.17, 15) is 5.11 Å². The predicted molar refractivity (Wildman–Crippen MR) is 92.1 cm³/mol. The van der Waals surface area contributed by atoms with Crippen molar-refractivity contribution in [2.75, 3.05) is 44.0 Å². The van der Waals surface area contributed by atoms with Gasteiger partial charge in [0.05, 0.1) is 12.0 Å². The minimum absolute atomic E-state index is 0.241. The third-order valence-electron chi connectivity index (χ3n) is 3.95. The number of anilines is 1.